The number of ketones is 1. The van der Waals surface area contributed by atoms with Crippen molar-refractivity contribution >= 4 is 5.78 Å². The van der Waals surface area contributed by atoms with Gasteiger partial charge in [-0.25, -0.2) is 4.39 Å². The fraction of sp³-hybridized carbons (Fsp3) is 0.417. The zero-order valence-corrected chi connectivity index (χ0v) is 9.07. The van der Waals surface area contributed by atoms with E-state index in [1.807, 2.05) is 0 Å². The monoisotopic (exact) mass is 223 g/mol. The van der Waals surface area contributed by atoms with Crippen LogP contribution in [-0.4, -0.2) is 25.0 Å². The van der Waals surface area contributed by atoms with Crippen molar-refractivity contribution < 1.29 is 13.9 Å². The number of hydrogen-bond acceptors (Lipinski definition) is 3. The third kappa shape index (κ3) is 1.99. The Morgan fingerprint density at radius 3 is 2.81 bits per heavy atom. The molecular formula is C12H14FNO2. The first kappa shape index (κ1) is 11.2. The molecule has 86 valence electrons. The molecule has 1 saturated heterocycles. The Labute approximate surface area is 93.4 Å². The zero-order chi connectivity index (χ0) is 11.7. The summed E-state index contributed by atoms with van der Waals surface area (Å²) in [4.78, 5) is 12.0. The summed E-state index contributed by atoms with van der Waals surface area (Å²) in [6.45, 7) is 2.38. The molecule has 0 aliphatic carbocycles. The van der Waals surface area contributed by atoms with Crippen molar-refractivity contribution in [1.82, 2.24) is 0 Å². The molecule has 1 aliphatic heterocycles. The van der Waals surface area contributed by atoms with Crippen LogP contribution < -0.4 is 5.73 Å². The molecule has 1 aliphatic rings. The Morgan fingerprint density at radius 2 is 2.25 bits per heavy atom. The SMILES string of the molecule is Cc1ccc(C(=O)C2COCC2N)cc1F. The van der Waals surface area contributed by atoms with Gasteiger partial charge in [-0.05, 0) is 18.6 Å². The molecule has 16 heavy (non-hydrogen) atoms. The van der Waals surface area contributed by atoms with E-state index in [9.17, 15) is 9.18 Å². The molecule has 0 saturated carbocycles. The zero-order valence-electron chi connectivity index (χ0n) is 9.07. The van der Waals surface area contributed by atoms with Gasteiger partial charge in [-0.2, -0.15) is 0 Å². The lowest BCUT2D eigenvalue weighted by molar-refractivity contribution is 0.0895. The molecular weight excluding hydrogens is 209 g/mol. The van der Waals surface area contributed by atoms with Crippen molar-refractivity contribution in [2.45, 2.75) is 13.0 Å². The Morgan fingerprint density at radius 1 is 1.50 bits per heavy atom. The number of ether oxygens (including phenoxy) is 1. The maximum Gasteiger partial charge on any atom is 0.170 e. The predicted octanol–water partition coefficient (Wildman–Crippen LogP) is 1.29. The minimum Gasteiger partial charge on any atom is -0.379 e. The van der Waals surface area contributed by atoms with Gasteiger partial charge >= 0.3 is 0 Å². The molecule has 0 amide bonds. The van der Waals surface area contributed by atoms with Crippen LogP contribution in [-0.2, 0) is 4.74 Å². The third-order valence-electron chi connectivity index (χ3n) is 2.92. The van der Waals surface area contributed by atoms with Crippen molar-refractivity contribution in [2.75, 3.05) is 13.2 Å². The lowest BCUT2D eigenvalue weighted by atomic mass is 9.93. The first-order valence-electron chi connectivity index (χ1n) is 5.23. The van der Waals surface area contributed by atoms with E-state index in [0.29, 0.717) is 24.3 Å². The molecule has 1 heterocycles. The number of halogens is 1. The summed E-state index contributed by atoms with van der Waals surface area (Å²) >= 11 is 0. The topological polar surface area (TPSA) is 52.3 Å². The van der Waals surface area contributed by atoms with Gasteiger partial charge in [0, 0.05) is 11.6 Å². The van der Waals surface area contributed by atoms with Crippen molar-refractivity contribution in [1.29, 1.82) is 0 Å². The van der Waals surface area contributed by atoms with Gasteiger partial charge < -0.3 is 10.5 Å². The largest absolute Gasteiger partial charge is 0.379 e. The van der Waals surface area contributed by atoms with Crippen molar-refractivity contribution in [3.63, 3.8) is 0 Å². The van der Waals surface area contributed by atoms with E-state index >= 15 is 0 Å². The number of carbonyl (C=O) groups excluding carboxylic acids is 1. The minimum absolute atomic E-state index is 0.135. The quantitative estimate of drug-likeness (QED) is 0.769. The fourth-order valence-corrected chi connectivity index (χ4v) is 1.80. The molecule has 1 aromatic carbocycles. The van der Waals surface area contributed by atoms with Crippen molar-refractivity contribution in [3.05, 3.63) is 35.1 Å². The summed E-state index contributed by atoms with van der Waals surface area (Å²) in [6, 6.07) is 4.22. The van der Waals surface area contributed by atoms with E-state index in [2.05, 4.69) is 0 Å². The van der Waals surface area contributed by atoms with Crippen LogP contribution in [0.15, 0.2) is 18.2 Å². The van der Waals surface area contributed by atoms with Crippen LogP contribution in [0.1, 0.15) is 15.9 Å². The van der Waals surface area contributed by atoms with Crippen LogP contribution in [0.2, 0.25) is 0 Å². The fourth-order valence-electron chi connectivity index (χ4n) is 1.80. The maximum atomic E-state index is 13.3. The van der Waals surface area contributed by atoms with Gasteiger partial charge in [0.2, 0.25) is 0 Å². The Hall–Kier alpha value is -1.26. The van der Waals surface area contributed by atoms with E-state index in [1.165, 1.54) is 6.07 Å². The number of nitrogens with two attached hydrogens (primary N) is 1. The molecule has 1 aromatic rings. The normalized spacial score (nSPS) is 24.7. The molecule has 2 unspecified atom stereocenters. The van der Waals surface area contributed by atoms with Gasteiger partial charge in [-0.15, -0.1) is 0 Å². The van der Waals surface area contributed by atoms with Crippen molar-refractivity contribution in [3.8, 4) is 0 Å². The van der Waals surface area contributed by atoms with Crippen molar-refractivity contribution in [2.24, 2.45) is 11.7 Å². The van der Waals surface area contributed by atoms with Gasteiger partial charge in [0.15, 0.2) is 5.78 Å². The molecule has 0 aromatic heterocycles. The molecule has 0 bridgehead atoms. The number of carbonyl (C=O) groups is 1. The number of benzene rings is 1. The molecule has 2 N–H and O–H groups in total. The van der Waals surface area contributed by atoms with E-state index in [0.717, 1.165) is 0 Å². The van der Waals surface area contributed by atoms with Crippen LogP contribution in [0, 0.1) is 18.7 Å². The number of rotatable bonds is 2. The molecule has 0 radical (unpaired) electrons. The number of aryl methyl sites for hydroxylation is 1. The second-order valence-electron chi connectivity index (χ2n) is 4.14. The Bertz CT molecular complexity index is 419. The van der Waals surface area contributed by atoms with Crippen LogP contribution in [0.4, 0.5) is 4.39 Å². The van der Waals surface area contributed by atoms with E-state index in [4.69, 9.17) is 10.5 Å². The highest BCUT2D eigenvalue weighted by molar-refractivity contribution is 5.98. The van der Waals surface area contributed by atoms with Crippen LogP contribution in [0.5, 0.6) is 0 Å². The highest BCUT2D eigenvalue weighted by atomic mass is 19.1. The Balaban J connectivity index is 2.23. The molecule has 1 fully saturated rings. The first-order chi connectivity index (χ1) is 7.59. The lowest BCUT2D eigenvalue weighted by Gasteiger charge is -2.12. The van der Waals surface area contributed by atoms with Gasteiger partial charge in [0.25, 0.3) is 0 Å². The molecule has 4 heteroatoms. The maximum absolute atomic E-state index is 13.3. The second kappa shape index (κ2) is 4.31. The summed E-state index contributed by atoms with van der Waals surface area (Å²) in [5.74, 6) is -0.843. The number of hydrogen-bond donors (Lipinski definition) is 1. The molecule has 0 spiro atoms. The average molecular weight is 223 g/mol. The van der Waals surface area contributed by atoms with Crippen LogP contribution >= 0.6 is 0 Å². The van der Waals surface area contributed by atoms with Gasteiger partial charge in [-0.3, -0.25) is 4.79 Å². The summed E-state index contributed by atoms with van der Waals surface area (Å²) in [7, 11) is 0. The lowest BCUT2D eigenvalue weighted by Crippen LogP contribution is -2.34. The molecule has 3 nitrogen and oxygen atoms in total. The minimum atomic E-state index is -0.363. The van der Waals surface area contributed by atoms with Crippen LogP contribution in [0.25, 0.3) is 0 Å². The van der Waals surface area contributed by atoms with E-state index in [-0.39, 0.29) is 23.6 Å². The smallest absolute Gasteiger partial charge is 0.170 e. The summed E-state index contributed by atoms with van der Waals surface area (Å²) in [5, 5.41) is 0. The highest BCUT2D eigenvalue weighted by Gasteiger charge is 2.32. The van der Waals surface area contributed by atoms with Gasteiger partial charge in [0.05, 0.1) is 19.1 Å². The van der Waals surface area contributed by atoms with Gasteiger partial charge in [-0.1, -0.05) is 12.1 Å². The summed E-state index contributed by atoms with van der Waals surface area (Å²) < 4.78 is 18.4. The summed E-state index contributed by atoms with van der Waals surface area (Å²) in [5.41, 5.74) is 6.65. The highest BCUT2D eigenvalue weighted by Crippen LogP contribution is 2.19. The molecule has 2 rings (SSSR count). The first-order valence-corrected chi connectivity index (χ1v) is 5.23. The van der Waals surface area contributed by atoms with Gasteiger partial charge in [0.1, 0.15) is 5.82 Å². The second-order valence-corrected chi connectivity index (χ2v) is 4.14. The summed E-state index contributed by atoms with van der Waals surface area (Å²) in [6.07, 6.45) is 0. The van der Waals surface area contributed by atoms with E-state index in [1.54, 1.807) is 19.1 Å². The van der Waals surface area contributed by atoms with E-state index < -0.39 is 0 Å². The average Bonchev–Trinajstić information content (AvgIpc) is 2.67. The number of Topliss-reactive ketones (excluding diaryl/α,β-unsaturated/α-hetero) is 1. The third-order valence-corrected chi connectivity index (χ3v) is 2.92. The van der Waals surface area contributed by atoms with Crippen LogP contribution in [0.3, 0.4) is 0 Å². The standard InChI is InChI=1S/C12H14FNO2/c1-7-2-3-8(4-10(7)13)12(15)9-5-16-6-11(9)14/h2-4,9,11H,5-6,14H2,1H3. The Kier molecular flexibility index (Phi) is 3.03. The predicted molar refractivity (Wildman–Crippen MR) is 57.8 cm³/mol. The molecule has 2 atom stereocenters.